The summed E-state index contributed by atoms with van der Waals surface area (Å²) in [5.41, 5.74) is -0.105. The summed E-state index contributed by atoms with van der Waals surface area (Å²) in [6.07, 6.45) is 4.22. The minimum Gasteiger partial charge on any atom is -0.421 e. The summed E-state index contributed by atoms with van der Waals surface area (Å²) in [5, 5.41) is 8.19. The molecule has 1 aromatic heterocycles. The van der Waals surface area contributed by atoms with Crippen LogP contribution < -0.4 is 0 Å². The summed E-state index contributed by atoms with van der Waals surface area (Å²) in [6.45, 7) is 0. The van der Waals surface area contributed by atoms with Gasteiger partial charge in [-0.05, 0) is 79.9 Å². The second-order valence-electron chi connectivity index (χ2n) is 8.67. The SMILES string of the molecule is FC(F)(F)c1cccc(-c2nnc(CC34CC5CC(CC(C5)C3)C4)o2)c1. The minimum atomic E-state index is -4.38. The lowest BCUT2D eigenvalue weighted by atomic mass is 9.49. The van der Waals surface area contributed by atoms with E-state index in [0.29, 0.717) is 11.5 Å². The highest BCUT2D eigenvalue weighted by atomic mass is 19.4. The van der Waals surface area contributed by atoms with Gasteiger partial charge in [-0.15, -0.1) is 10.2 Å². The van der Waals surface area contributed by atoms with Gasteiger partial charge in [0.05, 0.1) is 5.56 Å². The average molecular weight is 362 g/mol. The van der Waals surface area contributed by atoms with E-state index in [-0.39, 0.29) is 11.3 Å². The van der Waals surface area contributed by atoms with E-state index in [2.05, 4.69) is 10.2 Å². The zero-order valence-electron chi connectivity index (χ0n) is 14.4. The predicted molar refractivity (Wildman–Crippen MR) is 89.0 cm³/mol. The van der Waals surface area contributed by atoms with E-state index in [1.165, 1.54) is 44.6 Å². The Morgan fingerprint density at radius 2 is 1.65 bits per heavy atom. The van der Waals surface area contributed by atoms with Crippen LogP contribution in [-0.4, -0.2) is 10.2 Å². The van der Waals surface area contributed by atoms with Crippen LogP contribution in [0.3, 0.4) is 0 Å². The van der Waals surface area contributed by atoms with Crippen molar-refractivity contribution in [3.63, 3.8) is 0 Å². The van der Waals surface area contributed by atoms with Crippen molar-refractivity contribution in [2.75, 3.05) is 0 Å². The van der Waals surface area contributed by atoms with Gasteiger partial charge in [0, 0.05) is 12.0 Å². The highest BCUT2D eigenvalue weighted by molar-refractivity contribution is 5.54. The minimum absolute atomic E-state index is 0.177. The van der Waals surface area contributed by atoms with Gasteiger partial charge in [0.25, 0.3) is 0 Å². The van der Waals surface area contributed by atoms with Crippen molar-refractivity contribution in [2.24, 2.45) is 23.2 Å². The highest BCUT2D eigenvalue weighted by Gasteiger charge is 2.51. The topological polar surface area (TPSA) is 38.9 Å². The molecular formula is C20H21F3N2O. The molecule has 4 aliphatic carbocycles. The Balaban J connectivity index is 1.38. The molecule has 4 bridgehead atoms. The van der Waals surface area contributed by atoms with Gasteiger partial charge in [-0.1, -0.05) is 6.07 Å². The van der Waals surface area contributed by atoms with Crippen LogP contribution in [0.5, 0.6) is 0 Å². The molecule has 2 aromatic rings. The Morgan fingerprint density at radius 1 is 1.00 bits per heavy atom. The van der Waals surface area contributed by atoms with Gasteiger partial charge in [-0.2, -0.15) is 13.2 Å². The second-order valence-corrected chi connectivity index (χ2v) is 8.67. The van der Waals surface area contributed by atoms with E-state index in [1.807, 2.05) is 0 Å². The molecule has 0 spiro atoms. The smallest absolute Gasteiger partial charge is 0.416 e. The summed E-state index contributed by atoms with van der Waals surface area (Å²) in [5.74, 6) is 3.27. The summed E-state index contributed by atoms with van der Waals surface area (Å²) in [6, 6.07) is 5.08. The molecule has 4 aliphatic rings. The first-order valence-electron chi connectivity index (χ1n) is 9.39. The fourth-order valence-corrected chi connectivity index (χ4v) is 6.10. The zero-order valence-corrected chi connectivity index (χ0v) is 14.4. The van der Waals surface area contributed by atoms with E-state index in [9.17, 15) is 13.2 Å². The molecule has 0 amide bonds. The molecule has 3 nitrogen and oxygen atoms in total. The zero-order chi connectivity index (χ0) is 17.9. The molecule has 0 radical (unpaired) electrons. The Morgan fingerprint density at radius 3 is 2.27 bits per heavy atom. The van der Waals surface area contributed by atoms with Crippen molar-refractivity contribution in [1.29, 1.82) is 0 Å². The molecule has 0 aliphatic heterocycles. The molecule has 138 valence electrons. The van der Waals surface area contributed by atoms with E-state index in [0.717, 1.165) is 36.3 Å². The first-order chi connectivity index (χ1) is 12.4. The molecule has 1 heterocycles. The maximum absolute atomic E-state index is 12.9. The number of hydrogen-bond donors (Lipinski definition) is 0. The van der Waals surface area contributed by atoms with Crippen molar-refractivity contribution in [3.05, 3.63) is 35.7 Å². The molecule has 0 N–H and O–H groups in total. The summed E-state index contributed by atoms with van der Waals surface area (Å²) < 4.78 is 44.5. The molecular weight excluding hydrogens is 341 g/mol. The molecule has 1 aromatic carbocycles. The number of halogens is 3. The van der Waals surface area contributed by atoms with E-state index in [4.69, 9.17) is 4.42 Å². The number of rotatable bonds is 3. The maximum atomic E-state index is 12.9. The van der Waals surface area contributed by atoms with Gasteiger partial charge in [0.15, 0.2) is 0 Å². The molecule has 0 atom stereocenters. The van der Waals surface area contributed by atoms with Crippen molar-refractivity contribution in [2.45, 2.75) is 51.1 Å². The molecule has 6 rings (SSSR count). The third-order valence-electron chi connectivity index (χ3n) is 6.59. The van der Waals surface area contributed by atoms with E-state index >= 15 is 0 Å². The number of benzene rings is 1. The summed E-state index contributed by atoms with van der Waals surface area (Å²) >= 11 is 0. The fourth-order valence-electron chi connectivity index (χ4n) is 6.10. The van der Waals surface area contributed by atoms with Gasteiger partial charge in [0.1, 0.15) is 0 Å². The van der Waals surface area contributed by atoms with Crippen molar-refractivity contribution >= 4 is 0 Å². The van der Waals surface area contributed by atoms with Crippen LogP contribution in [0, 0.1) is 23.2 Å². The van der Waals surface area contributed by atoms with Crippen LogP contribution in [0.2, 0.25) is 0 Å². The van der Waals surface area contributed by atoms with Crippen LogP contribution in [0.25, 0.3) is 11.5 Å². The largest absolute Gasteiger partial charge is 0.421 e. The Kier molecular flexibility index (Phi) is 3.50. The van der Waals surface area contributed by atoms with Gasteiger partial charge >= 0.3 is 6.18 Å². The molecule has 0 unspecified atom stereocenters. The lowest BCUT2D eigenvalue weighted by Gasteiger charge is -2.56. The van der Waals surface area contributed by atoms with E-state index < -0.39 is 11.7 Å². The number of aromatic nitrogens is 2. The van der Waals surface area contributed by atoms with E-state index in [1.54, 1.807) is 6.07 Å². The Bertz CT molecular complexity index is 791. The van der Waals surface area contributed by atoms with Crippen LogP contribution in [0.1, 0.15) is 50.0 Å². The van der Waals surface area contributed by atoms with Crippen molar-refractivity contribution in [1.82, 2.24) is 10.2 Å². The molecule has 4 fully saturated rings. The van der Waals surface area contributed by atoms with Crippen molar-refractivity contribution < 1.29 is 17.6 Å². The third kappa shape index (κ3) is 2.83. The predicted octanol–water partition coefficient (Wildman–Crippen LogP) is 5.51. The highest BCUT2D eigenvalue weighted by Crippen LogP contribution is 2.61. The molecule has 4 saturated carbocycles. The van der Waals surface area contributed by atoms with Crippen LogP contribution in [0.4, 0.5) is 13.2 Å². The third-order valence-corrected chi connectivity index (χ3v) is 6.59. The van der Waals surface area contributed by atoms with Crippen molar-refractivity contribution in [3.8, 4) is 11.5 Å². The standard InChI is InChI=1S/C20H21F3N2O/c21-20(22,23)16-3-1-2-15(7-16)18-25-24-17(26-18)11-19-8-12-4-13(9-19)6-14(5-12)10-19/h1-3,7,12-14H,4-6,8-11H2. The lowest BCUT2D eigenvalue weighted by molar-refractivity contribution is -0.137. The van der Waals surface area contributed by atoms with Gasteiger partial charge in [-0.3, -0.25) is 0 Å². The fraction of sp³-hybridized carbons (Fsp3) is 0.600. The Hall–Kier alpha value is -1.85. The Labute approximate surface area is 150 Å². The summed E-state index contributed by atoms with van der Waals surface area (Å²) in [7, 11) is 0. The van der Waals surface area contributed by atoms with Gasteiger partial charge in [0.2, 0.25) is 11.8 Å². The molecule has 0 saturated heterocycles. The maximum Gasteiger partial charge on any atom is 0.416 e. The molecule has 26 heavy (non-hydrogen) atoms. The summed E-state index contributed by atoms with van der Waals surface area (Å²) in [4.78, 5) is 0. The van der Waals surface area contributed by atoms with Crippen LogP contribution in [-0.2, 0) is 12.6 Å². The quantitative estimate of drug-likeness (QED) is 0.722. The monoisotopic (exact) mass is 362 g/mol. The van der Waals surface area contributed by atoms with Crippen LogP contribution in [0.15, 0.2) is 28.7 Å². The second kappa shape index (κ2) is 5.57. The molecule has 6 heteroatoms. The number of hydrogen-bond acceptors (Lipinski definition) is 3. The normalized spacial score (nSPS) is 33.0. The first-order valence-corrected chi connectivity index (χ1v) is 9.39. The lowest BCUT2D eigenvalue weighted by Crippen LogP contribution is -2.47. The van der Waals surface area contributed by atoms with Crippen LogP contribution >= 0.6 is 0 Å². The number of alkyl halides is 3. The van der Waals surface area contributed by atoms with Gasteiger partial charge < -0.3 is 4.42 Å². The number of nitrogens with zero attached hydrogens (tertiary/aromatic N) is 2. The first kappa shape index (κ1) is 16.3. The van der Waals surface area contributed by atoms with Gasteiger partial charge in [-0.25, -0.2) is 0 Å². The average Bonchev–Trinajstić information content (AvgIpc) is 3.00.